The van der Waals surface area contributed by atoms with Crippen molar-refractivity contribution in [3.05, 3.63) is 35.6 Å². The third kappa shape index (κ3) is 1.53. The van der Waals surface area contributed by atoms with Gasteiger partial charge in [-0.3, -0.25) is 4.79 Å². The van der Waals surface area contributed by atoms with Crippen molar-refractivity contribution in [2.24, 2.45) is 0 Å². The van der Waals surface area contributed by atoms with Gasteiger partial charge in [-0.1, -0.05) is 17.3 Å². The molecule has 1 aromatic carbocycles. The van der Waals surface area contributed by atoms with Crippen LogP contribution in [0.15, 0.2) is 28.8 Å². The largest absolute Gasteiger partial charge is 0.507 e. The molecule has 0 unspecified atom stereocenters. The minimum absolute atomic E-state index is 0.0470. The number of aromatic nitrogens is 1. The summed E-state index contributed by atoms with van der Waals surface area (Å²) < 4.78 is 5.18. The van der Waals surface area contributed by atoms with E-state index < -0.39 is 0 Å². The molecule has 1 aromatic heterocycles. The van der Waals surface area contributed by atoms with Crippen LogP contribution in [-0.2, 0) is 6.42 Å². The normalized spacial score (nSPS) is 14.7. The fraction of sp³-hybridized carbons (Fsp3) is 0.231. The number of phenolic OH excluding ortho intramolecular Hbond substituents is 1. The lowest BCUT2D eigenvalue weighted by Gasteiger charge is -2.08. The van der Waals surface area contributed by atoms with E-state index in [1.807, 2.05) is 0 Å². The van der Waals surface area contributed by atoms with E-state index in [9.17, 15) is 9.90 Å². The molecule has 1 heterocycles. The summed E-state index contributed by atoms with van der Waals surface area (Å²) in [7, 11) is 0. The van der Waals surface area contributed by atoms with Gasteiger partial charge in [0.05, 0.1) is 5.56 Å². The molecular weight excluding hydrogens is 218 g/mol. The number of carbonyl (C=O) groups is 1. The van der Waals surface area contributed by atoms with Gasteiger partial charge in [0.2, 0.25) is 0 Å². The molecule has 1 aliphatic carbocycles. The van der Waals surface area contributed by atoms with Crippen LogP contribution >= 0.6 is 0 Å². The van der Waals surface area contributed by atoms with E-state index >= 15 is 0 Å². The number of rotatable bonds is 1. The maximum atomic E-state index is 11.9. The molecule has 0 saturated heterocycles. The molecule has 0 fully saturated rings. The predicted molar refractivity (Wildman–Crippen MR) is 60.9 cm³/mol. The van der Waals surface area contributed by atoms with Gasteiger partial charge in [-0.15, -0.1) is 0 Å². The fourth-order valence-electron chi connectivity index (χ4n) is 2.17. The van der Waals surface area contributed by atoms with E-state index in [1.54, 1.807) is 24.3 Å². The van der Waals surface area contributed by atoms with Gasteiger partial charge >= 0.3 is 0 Å². The van der Waals surface area contributed by atoms with Crippen molar-refractivity contribution < 1.29 is 14.4 Å². The van der Waals surface area contributed by atoms with Crippen LogP contribution in [0, 0.1) is 0 Å². The van der Waals surface area contributed by atoms with Crippen molar-refractivity contribution in [3.8, 4) is 17.0 Å². The Kier molecular flexibility index (Phi) is 2.21. The first kappa shape index (κ1) is 10.1. The van der Waals surface area contributed by atoms with Crippen molar-refractivity contribution in [1.29, 1.82) is 0 Å². The minimum atomic E-state index is 0.0470. The average Bonchev–Trinajstić information content (AvgIpc) is 2.75. The van der Waals surface area contributed by atoms with Crippen LogP contribution in [0.1, 0.15) is 29.0 Å². The maximum Gasteiger partial charge on any atom is 0.168 e. The first-order valence-corrected chi connectivity index (χ1v) is 5.57. The number of nitrogens with zero attached hydrogens (tertiary/aromatic N) is 1. The van der Waals surface area contributed by atoms with E-state index in [1.165, 1.54) is 0 Å². The zero-order valence-electron chi connectivity index (χ0n) is 9.14. The molecule has 86 valence electrons. The van der Waals surface area contributed by atoms with Crippen LogP contribution in [0.5, 0.6) is 5.75 Å². The zero-order valence-corrected chi connectivity index (χ0v) is 9.14. The molecular formula is C13H11NO3. The molecule has 0 bridgehead atoms. The molecule has 0 amide bonds. The summed E-state index contributed by atoms with van der Waals surface area (Å²) in [4.78, 5) is 11.9. The number of Topliss-reactive ketones (excluding diaryl/α,β-unsaturated/α-hetero) is 1. The Morgan fingerprint density at radius 2 is 2.06 bits per heavy atom. The Morgan fingerprint density at radius 1 is 1.24 bits per heavy atom. The molecule has 17 heavy (non-hydrogen) atoms. The highest BCUT2D eigenvalue weighted by atomic mass is 16.5. The SMILES string of the molecule is O=C1CCCc2onc(-c3ccccc3O)c21. The van der Waals surface area contributed by atoms with Crippen LogP contribution in [0.2, 0.25) is 0 Å². The molecule has 1 N–H and O–H groups in total. The van der Waals surface area contributed by atoms with Crippen LogP contribution in [0.25, 0.3) is 11.3 Å². The van der Waals surface area contributed by atoms with Crippen LogP contribution in [0.3, 0.4) is 0 Å². The van der Waals surface area contributed by atoms with E-state index in [4.69, 9.17) is 4.52 Å². The summed E-state index contributed by atoms with van der Waals surface area (Å²) in [5.41, 5.74) is 1.55. The number of benzene rings is 1. The summed E-state index contributed by atoms with van der Waals surface area (Å²) in [5.74, 6) is 0.798. The number of aromatic hydroxyl groups is 1. The lowest BCUT2D eigenvalue weighted by atomic mass is 9.93. The minimum Gasteiger partial charge on any atom is -0.507 e. The third-order valence-electron chi connectivity index (χ3n) is 3.01. The van der Waals surface area contributed by atoms with E-state index in [0.717, 1.165) is 12.8 Å². The second-order valence-corrected chi connectivity index (χ2v) is 4.12. The molecule has 0 aliphatic heterocycles. The van der Waals surface area contributed by atoms with Crippen molar-refractivity contribution in [2.45, 2.75) is 19.3 Å². The number of phenols is 1. The second kappa shape index (κ2) is 3.73. The van der Waals surface area contributed by atoms with Crippen LogP contribution in [-0.4, -0.2) is 16.0 Å². The Labute approximate surface area is 97.9 Å². The van der Waals surface area contributed by atoms with Gasteiger partial charge in [0.25, 0.3) is 0 Å². The number of carbonyl (C=O) groups excluding carboxylic acids is 1. The van der Waals surface area contributed by atoms with Crippen molar-refractivity contribution in [1.82, 2.24) is 5.16 Å². The quantitative estimate of drug-likeness (QED) is 0.816. The molecule has 3 rings (SSSR count). The number of ketones is 1. The topological polar surface area (TPSA) is 63.3 Å². The Hall–Kier alpha value is -2.10. The highest BCUT2D eigenvalue weighted by molar-refractivity contribution is 6.03. The number of hydrogen-bond acceptors (Lipinski definition) is 4. The van der Waals surface area contributed by atoms with Gasteiger partial charge < -0.3 is 9.63 Å². The first-order valence-electron chi connectivity index (χ1n) is 5.57. The average molecular weight is 229 g/mol. The van der Waals surface area contributed by atoms with Gasteiger partial charge in [-0.2, -0.15) is 0 Å². The van der Waals surface area contributed by atoms with Crippen molar-refractivity contribution in [2.75, 3.05) is 0 Å². The Balaban J connectivity index is 2.20. The highest BCUT2D eigenvalue weighted by Crippen LogP contribution is 2.35. The third-order valence-corrected chi connectivity index (χ3v) is 3.01. The lowest BCUT2D eigenvalue weighted by Crippen LogP contribution is -2.09. The highest BCUT2D eigenvalue weighted by Gasteiger charge is 2.27. The maximum absolute atomic E-state index is 11.9. The standard InChI is InChI=1S/C13H11NO3/c15-9-5-2-1-4-8(9)13-12-10(16)6-3-7-11(12)17-14-13/h1-2,4-5,15H,3,6-7H2. The molecule has 0 atom stereocenters. The van der Waals surface area contributed by atoms with Gasteiger partial charge in [-0.05, 0) is 18.6 Å². The summed E-state index contributed by atoms with van der Waals surface area (Å²) in [6.45, 7) is 0. The Morgan fingerprint density at radius 3 is 2.88 bits per heavy atom. The molecule has 2 aromatic rings. The van der Waals surface area contributed by atoms with Gasteiger partial charge in [0.1, 0.15) is 17.2 Å². The zero-order chi connectivity index (χ0) is 11.8. The molecule has 0 spiro atoms. The van der Waals surface area contributed by atoms with Crippen molar-refractivity contribution in [3.63, 3.8) is 0 Å². The first-order chi connectivity index (χ1) is 8.27. The van der Waals surface area contributed by atoms with Gasteiger partial charge in [0, 0.05) is 18.4 Å². The summed E-state index contributed by atoms with van der Waals surface area (Å²) in [6.07, 6.45) is 2.07. The van der Waals surface area contributed by atoms with Gasteiger partial charge in [0.15, 0.2) is 5.78 Å². The monoisotopic (exact) mass is 229 g/mol. The van der Waals surface area contributed by atoms with Gasteiger partial charge in [-0.25, -0.2) is 0 Å². The number of aryl methyl sites for hydroxylation is 1. The van der Waals surface area contributed by atoms with E-state index in [0.29, 0.717) is 29.0 Å². The molecule has 0 saturated carbocycles. The molecule has 4 heteroatoms. The summed E-state index contributed by atoms with van der Waals surface area (Å²) in [6, 6.07) is 6.83. The summed E-state index contributed by atoms with van der Waals surface area (Å²) >= 11 is 0. The number of para-hydroxylation sites is 1. The second-order valence-electron chi connectivity index (χ2n) is 4.12. The van der Waals surface area contributed by atoms with Crippen LogP contribution in [0.4, 0.5) is 0 Å². The van der Waals surface area contributed by atoms with Crippen molar-refractivity contribution >= 4 is 5.78 Å². The summed E-state index contributed by atoms with van der Waals surface area (Å²) in [5, 5.41) is 13.7. The lowest BCUT2D eigenvalue weighted by molar-refractivity contribution is 0.0969. The van der Waals surface area contributed by atoms with Crippen LogP contribution < -0.4 is 0 Å². The molecule has 4 nitrogen and oxygen atoms in total. The van der Waals surface area contributed by atoms with E-state index in [2.05, 4.69) is 5.16 Å². The Bertz CT molecular complexity index is 586. The predicted octanol–water partition coefficient (Wildman–Crippen LogP) is 2.57. The number of fused-ring (bicyclic) bond motifs is 1. The molecule has 0 radical (unpaired) electrons. The number of hydrogen-bond donors (Lipinski definition) is 1. The smallest absolute Gasteiger partial charge is 0.168 e. The fourth-order valence-corrected chi connectivity index (χ4v) is 2.17. The van der Waals surface area contributed by atoms with E-state index in [-0.39, 0.29) is 11.5 Å². The molecule has 1 aliphatic rings.